The van der Waals surface area contributed by atoms with Crippen molar-refractivity contribution in [1.82, 2.24) is 4.98 Å². The molecule has 0 saturated carbocycles. The summed E-state index contributed by atoms with van der Waals surface area (Å²) in [6, 6.07) is 7.55. The van der Waals surface area contributed by atoms with Gasteiger partial charge in [-0.1, -0.05) is 12.1 Å². The van der Waals surface area contributed by atoms with Crippen LogP contribution >= 0.6 is 22.6 Å². The highest BCUT2D eigenvalue weighted by molar-refractivity contribution is 14.1. The van der Waals surface area contributed by atoms with Crippen LogP contribution in [-0.4, -0.2) is 10.9 Å². The monoisotopic (exact) mass is 328 g/mol. The van der Waals surface area contributed by atoms with E-state index in [-0.39, 0.29) is 11.9 Å². The predicted octanol–water partition coefficient (Wildman–Crippen LogP) is 2.84. The normalized spacial score (nSPS) is 10.1. The van der Waals surface area contributed by atoms with E-state index in [4.69, 9.17) is 4.42 Å². The maximum atomic E-state index is 11.8. The van der Waals surface area contributed by atoms with Gasteiger partial charge in [0, 0.05) is 3.57 Å². The van der Waals surface area contributed by atoms with Gasteiger partial charge < -0.3 is 4.42 Å². The van der Waals surface area contributed by atoms with Crippen molar-refractivity contribution in [1.29, 1.82) is 0 Å². The molecule has 2 rings (SSSR count). The summed E-state index contributed by atoms with van der Waals surface area (Å²) >= 11 is 2.11. The highest BCUT2D eigenvalue weighted by atomic mass is 127. The molecule has 16 heavy (non-hydrogen) atoms. The van der Waals surface area contributed by atoms with Crippen LogP contribution in [0.5, 0.6) is 0 Å². The molecule has 0 aliphatic rings. The van der Waals surface area contributed by atoms with Gasteiger partial charge in [0.05, 0.1) is 11.3 Å². The zero-order chi connectivity index (χ0) is 11.5. The zero-order valence-corrected chi connectivity index (χ0v) is 10.7. The third-order valence-corrected chi connectivity index (χ3v) is 2.90. The van der Waals surface area contributed by atoms with E-state index < -0.39 is 0 Å². The Morgan fingerprint density at radius 1 is 1.44 bits per heavy atom. The average Bonchev–Trinajstić information content (AvgIpc) is 2.64. The Labute approximate surface area is 106 Å². The number of carbonyl (C=O) groups excluding carboxylic acids is 1. The number of aromatic nitrogens is 1. The van der Waals surface area contributed by atoms with Gasteiger partial charge >= 0.3 is 6.01 Å². The van der Waals surface area contributed by atoms with Crippen molar-refractivity contribution in [2.24, 2.45) is 0 Å². The number of hydrogen-bond donors (Lipinski definition) is 1. The standard InChI is InChI=1S/C11H9IN2O2/c1-7-6-16-11(13-7)14-10(15)8-4-2-3-5-9(8)12/h2-6H,1H3,(H,13,14,15). The van der Waals surface area contributed by atoms with Gasteiger partial charge in [-0.15, -0.1) is 0 Å². The van der Waals surface area contributed by atoms with E-state index in [1.165, 1.54) is 6.26 Å². The molecule has 0 unspecified atom stereocenters. The van der Waals surface area contributed by atoms with E-state index in [0.717, 1.165) is 9.26 Å². The second-order valence-corrected chi connectivity index (χ2v) is 4.39. The topological polar surface area (TPSA) is 55.1 Å². The van der Waals surface area contributed by atoms with Crippen molar-refractivity contribution in [2.75, 3.05) is 5.32 Å². The van der Waals surface area contributed by atoms with Gasteiger partial charge in [0.25, 0.3) is 5.91 Å². The predicted molar refractivity (Wildman–Crippen MR) is 68.4 cm³/mol. The van der Waals surface area contributed by atoms with Crippen LogP contribution in [0.25, 0.3) is 0 Å². The number of anilines is 1. The van der Waals surface area contributed by atoms with Crippen LogP contribution in [0.15, 0.2) is 34.9 Å². The first-order valence-electron chi connectivity index (χ1n) is 4.65. The van der Waals surface area contributed by atoms with E-state index in [1.807, 2.05) is 18.2 Å². The van der Waals surface area contributed by atoms with Crippen molar-refractivity contribution < 1.29 is 9.21 Å². The Morgan fingerprint density at radius 2 is 2.19 bits per heavy atom. The number of oxazole rings is 1. The summed E-state index contributed by atoms with van der Waals surface area (Å²) in [5, 5.41) is 2.60. The number of hydrogen-bond acceptors (Lipinski definition) is 3. The molecule has 82 valence electrons. The third kappa shape index (κ3) is 2.41. The lowest BCUT2D eigenvalue weighted by atomic mass is 10.2. The number of nitrogens with one attached hydrogen (secondary N) is 1. The van der Waals surface area contributed by atoms with E-state index in [0.29, 0.717) is 5.56 Å². The van der Waals surface area contributed by atoms with Crippen LogP contribution in [0.2, 0.25) is 0 Å². The second-order valence-electron chi connectivity index (χ2n) is 3.23. The fourth-order valence-corrected chi connectivity index (χ4v) is 1.85. The molecule has 2 aromatic rings. The molecule has 0 aliphatic heterocycles. The Morgan fingerprint density at radius 3 is 2.81 bits per heavy atom. The number of nitrogens with zero attached hydrogens (tertiary/aromatic N) is 1. The SMILES string of the molecule is Cc1coc(NC(=O)c2ccccc2I)n1. The lowest BCUT2D eigenvalue weighted by Gasteiger charge is -2.02. The van der Waals surface area contributed by atoms with E-state index >= 15 is 0 Å². The van der Waals surface area contributed by atoms with Crippen molar-refractivity contribution in [3.8, 4) is 0 Å². The summed E-state index contributed by atoms with van der Waals surface area (Å²) < 4.78 is 5.94. The number of rotatable bonds is 2. The van der Waals surface area contributed by atoms with E-state index in [2.05, 4.69) is 32.9 Å². The van der Waals surface area contributed by atoms with E-state index in [9.17, 15) is 4.79 Å². The quantitative estimate of drug-likeness (QED) is 0.863. The molecule has 1 aromatic carbocycles. The van der Waals surface area contributed by atoms with Crippen LogP contribution in [0.1, 0.15) is 16.1 Å². The molecule has 0 atom stereocenters. The Kier molecular flexibility index (Phi) is 3.23. The lowest BCUT2D eigenvalue weighted by Crippen LogP contribution is -2.13. The molecule has 0 aliphatic carbocycles. The summed E-state index contributed by atoms with van der Waals surface area (Å²) in [4.78, 5) is 15.8. The molecule has 0 fully saturated rings. The van der Waals surface area contributed by atoms with Crippen molar-refractivity contribution >= 4 is 34.5 Å². The van der Waals surface area contributed by atoms with Gasteiger partial charge in [-0.3, -0.25) is 10.1 Å². The summed E-state index contributed by atoms with van der Waals surface area (Å²) in [5.74, 6) is -0.216. The molecule has 1 aromatic heterocycles. The molecule has 1 N–H and O–H groups in total. The van der Waals surface area contributed by atoms with E-state index in [1.54, 1.807) is 13.0 Å². The fourth-order valence-electron chi connectivity index (χ4n) is 1.22. The maximum absolute atomic E-state index is 11.8. The Hall–Kier alpha value is -1.37. The average molecular weight is 328 g/mol. The van der Waals surface area contributed by atoms with Crippen LogP contribution in [0.3, 0.4) is 0 Å². The van der Waals surface area contributed by atoms with Crippen molar-refractivity contribution in [2.45, 2.75) is 6.92 Å². The van der Waals surface area contributed by atoms with Gasteiger partial charge in [-0.05, 0) is 41.6 Å². The van der Waals surface area contributed by atoms with Crippen LogP contribution in [0, 0.1) is 10.5 Å². The van der Waals surface area contributed by atoms with Crippen molar-refractivity contribution in [3.63, 3.8) is 0 Å². The summed E-state index contributed by atoms with van der Waals surface area (Å²) in [6.45, 7) is 1.80. The molecular formula is C11H9IN2O2. The summed E-state index contributed by atoms with van der Waals surface area (Å²) in [5.41, 5.74) is 1.34. The number of halogens is 1. The third-order valence-electron chi connectivity index (χ3n) is 1.96. The molecule has 1 amide bonds. The first-order valence-corrected chi connectivity index (χ1v) is 5.72. The lowest BCUT2D eigenvalue weighted by molar-refractivity contribution is 0.102. The Bertz CT molecular complexity index is 522. The van der Waals surface area contributed by atoms with Gasteiger partial charge in [0.15, 0.2) is 0 Å². The molecule has 0 saturated heterocycles. The number of carbonyl (C=O) groups is 1. The molecular weight excluding hydrogens is 319 g/mol. The first kappa shape index (κ1) is 11.1. The second kappa shape index (κ2) is 4.65. The molecule has 1 heterocycles. The fraction of sp³-hybridized carbons (Fsp3) is 0.0909. The minimum Gasteiger partial charge on any atom is -0.432 e. The number of benzene rings is 1. The van der Waals surface area contributed by atoms with Crippen LogP contribution < -0.4 is 5.32 Å². The molecule has 4 nitrogen and oxygen atoms in total. The highest BCUT2D eigenvalue weighted by Crippen LogP contribution is 2.14. The largest absolute Gasteiger partial charge is 0.432 e. The molecule has 0 bridgehead atoms. The minimum atomic E-state index is -0.216. The van der Waals surface area contributed by atoms with Crippen LogP contribution in [0.4, 0.5) is 6.01 Å². The highest BCUT2D eigenvalue weighted by Gasteiger charge is 2.11. The van der Waals surface area contributed by atoms with Crippen molar-refractivity contribution in [3.05, 3.63) is 45.4 Å². The van der Waals surface area contributed by atoms with Gasteiger partial charge in [-0.25, -0.2) is 0 Å². The van der Waals surface area contributed by atoms with Gasteiger partial charge in [-0.2, -0.15) is 4.98 Å². The smallest absolute Gasteiger partial charge is 0.301 e. The number of aryl methyl sites for hydroxylation is 1. The minimum absolute atomic E-state index is 0.216. The molecule has 0 radical (unpaired) electrons. The van der Waals surface area contributed by atoms with Gasteiger partial charge in [0.2, 0.25) is 0 Å². The number of amides is 1. The van der Waals surface area contributed by atoms with Gasteiger partial charge in [0.1, 0.15) is 6.26 Å². The molecule has 0 spiro atoms. The summed E-state index contributed by atoms with van der Waals surface area (Å²) in [6.07, 6.45) is 1.49. The Balaban J connectivity index is 2.18. The zero-order valence-electron chi connectivity index (χ0n) is 8.53. The maximum Gasteiger partial charge on any atom is 0.301 e. The first-order chi connectivity index (χ1) is 7.66. The molecule has 5 heteroatoms. The summed E-state index contributed by atoms with van der Waals surface area (Å²) in [7, 11) is 0. The van der Waals surface area contributed by atoms with Crippen LogP contribution in [-0.2, 0) is 0 Å².